The number of hydrogen-bond donors (Lipinski definition) is 0. The second kappa shape index (κ2) is 6.91. The van der Waals surface area contributed by atoms with Crippen LogP contribution in [0.1, 0.15) is 32.3 Å². The van der Waals surface area contributed by atoms with Gasteiger partial charge in [-0.1, -0.05) is 43.7 Å². The maximum atomic E-state index is 2.64. The zero-order valence-corrected chi connectivity index (χ0v) is 11.8. The van der Waals surface area contributed by atoms with E-state index in [-0.39, 0.29) is 0 Å². The molecule has 0 amide bonds. The molecule has 2 heteroatoms. The Morgan fingerprint density at radius 2 is 1.94 bits per heavy atom. The molecule has 18 heavy (non-hydrogen) atoms. The van der Waals surface area contributed by atoms with E-state index >= 15 is 0 Å². The quantitative estimate of drug-likeness (QED) is 0.788. The summed E-state index contributed by atoms with van der Waals surface area (Å²) in [4.78, 5) is 5.23. The average molecular weight is 246 g/mol. The monoisotopic (exact) mass is 246 g/mol. The predicted molar refractivity (Wildman–Crippen MR) is 77.7 cm³/mol. The van der Waals surface area contributed by atoms with Gasteiger partial charge in [0.25, 0.3) is 0 Å². The molecule has 1 saturated heterocycles. The molecular formula is C16H26N2. The largest absolute Gasteiger partial charge is 0.298 e. The van der Waals surface area contributed by atoms with Crippen LogP contribution in [0, 0.1) is 0 Å². The molecule has 1 aromatic rings. The molecule has 0 aromatic heterocycles. The maximum Gasteiger partial charge on any atom is 0.0234 e. The van der Waals surface area contributed by atoms with Gasteiger partial charge in [-0.15, -0.1) is 0 Å². The van der Waals surface area contributed by atoms with E-state index in [1.165, 1.54) is 44.6 Å². The molecule has 0 aliphatic carbocycles. The molecule has 0 spiro atoms. The lowest BCUT2D eigenvalue weighted by molar-refractivity contribution is 0.0780. The van der Waals surface area contributed by atoms with Crippen LogP contribution in [0.3, 0.4) is 0 Å². The topological polar surface area (TPSA) is 6.48 Å². The van der Waals surface area contributed by atoms with Crippen LogP contribution in [0.15, 0.2) is 30.3 Å². The van der Waals surface area contributed by atoms with Crippen molar-refractivity contribution < 1.29 is 0 Å². The molecular weight excluding hydrogens is 220 g/mol. The summed E-state index contributed by atoms with van der Waals surface area (Å²) in [5.41, 5.74) is 1.44. The Hall–Kier alpha value is -0.860. The molecule has 0 radical (unpaired) electrons. The van der Waals surface area contributed by atoms with Crippen LogP contribution >= 0.6 is 0 Å². The smallest absolute Gasteiger partial charge is 0.0234 e. The van der Waals surface area contributed by atoms with Gasteiger partial charge in [-0.25, -0.2) is 0 Å². The first-order chi connectivity index (χ1) is 8.79. The molecule has 100 valence electrons. The van der Waals surface area contributed by atoms with Gasteiger partial charge in [-0.2, -0.15) is 0 Å². The van der Waals surface area contributed by atoms with Crippen molar-refractivity contribution in [2.45, 2.75) is 39.3 Å². The molecule has 1 aromatic carbocycles. The minimum atomic E-state index is 0.703. The van der Waals surface area contributed by atoms with Crippen molar-refractivity contribution in [3.8, 4) is 0 Å². The van der Waals surface area contributed by atoms with Crippen molar-refractivity contribution in [3.05, 3.63) is 35.9 Å². The number of hydrogen-bond acceptors (Lipinski definition) is 2. The highest BCUT2D eigenvalue weighted by atomic mass is 15.3. The Labute approximate surface area is 112 Å². The van der Waals surface area contributed by atoms with Gasteiger partial charge < -0.3 is 0 Å². The van der Waals surface area contributed by atoms with Gasteiger partial charge in [0.05, 0.1) is 0 Å². The van der Waals surface area contributed by atoms with Crippen molar-refractivity contribution >= 4 is 0 Å². The van der Waals surface area contributed by atoms with Crippen LogP contribution in [0.5, 0.6) is 0 Å². The zero-order valence-electron chi connectivity index (χ0n) is 11.8. The van der Waals surface area contributed by atoms with Crippen LogP contribution in [0.25, 0.3) is 0 Å². The minimum absolute atomic E-state index is 0.703. The fourth-order valence-corrected chi connectivity index (χ4v) is 2.75. The Morgan fingerprint density at radius 3 is 2.61 bits per heavy atom. The number of unbranched alkanes of at least 4 members (excludes halogenated alkanes) is 1. The lowest BCUT2D eigenvalue weighted by atomic mass is 10.1. The highest BCUT2D eigenvalue weighted by Gasteiger charge is 2.22. The Morgan fingerprint density at radius 1 is 1.17 bits per heavy atom. The summed E-state index contributed by atoms with van der Waals surface area (Å²) in [5.74, 6) is 0. The van der Waals surface area contributed by atoms with Gasteiger partial charge in [0.15, 0.2) is 0 Å². The summed E-state index contributed by atoms with van der Waals surface area (Å²) >= 11 is 0. The predicted octanol–water partition coefficient (Wildman–Crippen LogP) is 2.99. The molecule has 1 aliphatic rings. The first-order valence-electron chi connectivity index (χ1n) is 7.30. The average Bonchev–Trinajstić information content (AvgIpc) is 2.39. The number of piperazine rings is 1. The molecule has 0 N–H and O–H groups in total. The third-order valence-electron chi connectivity index (χ3n) is 3.90. The SMILES string of the molecule is CCCCN1CCN(Cc2ccccc2)CC1C. The van der Waals surface area contributed by atoms with Gasteiger partial charge in [-0.05, 0) is 25.5 Å². The second-order valence-corrected chi connectivity index (χ2v) is 5.46. The number of benzene rings is 1. The molecule has 1 unspecified atom stereocenters. The zero-order chi connectivity index (χ0) is 12.8. The third-order valence-corrected chi connectivity index (χ3v) is 3.90. The van der Waals surface area contributed by atoms with Gasteiger partial charge >= 0.3 is 0 Å². The van der Waals surface area contributed by atoms with Crippen molar-refractivity contribution in [2.75, 3.05) is 26.2 Å². The molecule has 1 fully saturated rings. The Kier molecular flexibility index (Phi) is 5.21. The van der Waals surface area contributed by atoms with Crippen LogP contribution in [-0.2, 0) is 6.54 Å². The fourth-order valence-electron chi connectivity index (χ4n) is 2.75. The summed E-state index contributed by atoms with van der Waals surface area (Å²) in [6.07, 6.45) is 2.64. The second-order valence-electron chi connectivity index (χ2n) is 5.46. The lowest BCUT2D eigenvalue weighted by Gasteiger charge is -2.40. The van der Waals surface area contributed by atoms with E-state index in [0.717, 1.165) is 6.54 Å². The summed E-state index contributed by atoms with van der Waals surface area (Å²) in [5, 5.41) is 0. The van der Waals surface area contributed by atoms with Gasteiger partial charge in [0, 0.05) is 32.2 Å². The van der Waals surface area contributed by atoms with Gasteiger partial charge in [-0.3, -0.25) is 9.80 Å². The van der Waals surface area contributed by atoms with Crippen LogP contribution in [0.4, 0.5) is 0 Å². The molecule has 0 bridgehead atoms. The number of nitrogens with zero attached hydrogens (tertiary/aromatic N) is 2. The first kappa shape index (κ1) is 13.6. The highest BCUT2D eigenvalue weighted by Crippen LogP contribution is 2.13. The van der Waals surface area contributed by atoms with Crippen LogP contribution in [-0.4, -0.2) is 42.0 Å². The van der Waals surface area contributed by atoms with Crippen molar-refractivity contribution in [2.24, 2.45) is 0 Å². The molecule has 1 aliphatic heterocycles. The van der Waals surface area contributed by atoms with E-state index in [9.17, 15) is 0 Å². The van der Waals surface area contributed by atoms with Crippen molar-refractivity contribution in [3.63, 3.8) is 0 Å². The van der Waals surface area contributed by atoms with Crippen LogP contribution < -0.4 is 0 Å². The van der Waals surface area contributed by atoms with E-state index in [1.54, 1.807) is 0 Å². The summed E-state index contributed by atoms with van der Waals surface area (Å²) in [6.45, 7) is 10.7. The van der Waals surface area contributed by atoms with Gasteiger partial charge in [0.2, 0.25) is 0 Å². The van der Waals surface area contributed by atoms with E-state index in [1.807, 2.05) is 0 Å². The normalized spacial score (nSPS) is 22.2. The molecule has 2 rings (SSSR count). The van der Waals surface area contributed by atoms with E-state index in [0.29, 0.717) is 6.04 Å². The minimum Gasteiger partial charge on any atom is -0.298 e. The molecule has 0 saturated carbocycles. The van der Waals surface area contributed by atoms with E-state index in [4.69, 9.17) is 0 Å². The molecule has 1 atom stereocenters. The Bertz CT molecular complexity index is 336. The lowest BCUT2D eigenvalue weighted by Crippen LogP contribution is -2.51. The summed E-state index contributed by atoms with van der Waals surface area (Å²) in [7, 11) is 0. The van der Waals surface area contributed by atoms with Crippen molar-refractivity contribution in [1.82, 2.24) is 9.80 Å². The Balaban J connectivity index is 1.81. The molecule has 2 nitrogen and oxygen atoms in total. The number of rotatable bonds is 5. The van der Waals surface area contributed by atoms with Crippen LogP contribution in [0.2, 0.25) is 0 Å². The van der Waals surface area contributed by atoms with Crippen molar-refractivity contribution in [1.29, 1.82) is 0 Å². The highest BCUT2D eigenvalue weighted by molar-refractivity contribution is 5.14. The standard InChI is InChI=1S/C16H26N2/c1-3-4-10-18-12-11-17(13-15(18)2)14-16-8-6-5-7-9-16/h5-9,15H,3-4,10-14H2,1-2H3. The van der Waals surface area contributed by atoms with Gasteiger partial charge in [0.1, 0.15) is 0 Å². The summed E-state index contributed by atoms with van der Waals surface area (Å²) < 4.78 is 0. The summed E-state index contributed by atoms with van der Waals surface area (Å²) in [6, 6.07) is 11.5. The maximum absolute atomic E-state index is 2.64. The van der Waals surface area contributed by atoms with E-state index < -0.39 is 0 Å². The van der Waals surface area contributed by atoms with E-state index in [2.05, 4.69) is 54.0 Å². The first-order valence-corrected chi connectivity index (χ1v) is 7.30. The third kappa shape index (κ3) is 3.82. The fraction of sp³-hybridized carbons (Fsp3) is 0.625. The molecule has 1 heterocycles.